The quantitative estimate of drug-likeness (QED) is 0.784. The minimum absolute atomic E-state index is 0.191. The molecule has 1 aliphatic heterocycles. The van der Waals surface area contributed by atoms with Crippen LogP contribution in [0.2, 0.25) is 0 Å². The summed E-state index contributed by atoms with van der Waals surface area (Å²) in [6.45, 7) is 7.92. The van der Waals surface area contributed by atoms with Gasteiger partial charge in [0, 0.05) is 0 Å². The third-order valence-corrected chi connectivity index (χ3v) is 4.22. The zero-order valence-corrected chi connectivity index (χ0v) is 12.7. The molecular weight excluding hydrogens is 259 g/mol. The molecule has 0 aromatic heterocycles. The van der Waals surface area contributed by atoms with Crippen molar-refractivity contribution >= 4 is 12.6 Å². The Balaban J connectivity index is 1.98. The highest BCUT2D eigenvalue weighted by Gasteiger charge is 2.51. The minimum Gasteiger partial charge on any atom is -0.399 e. The molecule has 0 N–H and O–H groups in total. The van der Waals surface area contributed by atoms with Gasteiger partial charge >= 0.3 is 7.12 Å². The van der Waals surface area contributed by atoms with Crippen molar-refractivity contribution in [3.63, 3.8) is 0 Å². The minimum atomic E-state index is -0.505. The van der Waals surface area contributed by atoms with Crippen molar-refractivity contribution in [2.24, 2.45) is 0 Å². The first-order valence-corrected chi connectivity index (χ1v) is 6.99. The molecule has 21 heavy (non-hydrogen) atoms. The fraction of sp³-hybridized carbons (Fsp3) is 0.333. The third kappa shape index (κ3) is 2.64. The molecule has 0 radical (unpaired) electrons. The van der Waals surface area contributed by atoms with E-state index >= 15 is 0 Å². The third-order valence-electron chi connectivity index (χ3n) is 4.22. The van der Waals surface area contributed by atoms with Crippen LogP contribution in [0.1, 0.15) is 34.5 Å². The largest absolute Gasteiger partial charge is 0.494 e. The van der Waals surface area contributed by atoms with Crippen LogP contribution in [0.5, 0.6) is 0 Å². The Kier molecular flexibility index (Phi) is 2.25. The van der Waals surface area contributed by atoms with Crippen LogP contribution in [0, 0.1) is 0 Å². The Morgan fingerprint density at radius 3 is 1.86 bits per heavy atom. The Hall–Kier alpha value is -1.58. The number of rotatable bonds is 2. The zero-order chi connectivity index (χ0) is 19.4. The van der Waals surface area contributed by atoms with Gasteiger partial charge in [0.25, 0.3) is 0 Å². The Morgan fingerprint density at radius 1 is 0.810 bits per heavy atom. The lowest BCUT2D eigenvalue weighted by Gasteiger charge is -2.32. The monoisotopic (exact) mass is 285 g/mol. The summed E-state index contributed by atoms with van der Waals surface area (Å²) in [5.74, 6) is 0. The first-order valence-electron chi connectivity index (χ1n) is 9.49. The predicted octanol–water partition coefficient (Wildman–Crippen LogP) is 3.65. The van der Waals surface area contributed by atoms with Crippen LogP contribution in [-0.4, -0.2) is 18.3 Å². The molecule has 1 heterocycles. The maximum atomic E-state index is 8.08. The Morgan fingerprint density at radius 2 is 1.33 bits per heavy atom. The van der Waals surface area contributed by atoms with Gasteiger partial charge in [0.1, 0.15) is 0 Å². The number of hydrogen-bond acceptors (Lipinski definition) is 2. The second kappa shape index (κ2) is 5.01. The van der Waals surface area contributed by atoms with Crippen molar-refractivity contribution in [2.45, 2.75) is 38.9 Å². The average molecular weight is 285 g/mol. The summed E-state index contributed by atoms with van der Waals surface area (Å²) in [7, 11) is -0.505. The first kappa shape index (κ1) is 9.44. The topological polar surface area (TPSA) is 18.5 Å². The van der Waals surface area contributed by atoms with E-state index < -0.39 is 24.4 Å². The van der Waals surface area contributed by atoms with E-state index in [1.807, 2.05) is 27.7 Å². The molecule has 0 saturated carbocycles. The van der Waals surface area contributed by atoms with Crippen molar-refractivity contribution in [3.8, 4) is 11.1 Å². The highest BCUT2D eigenvalue weighted by Crippen LogP contribution is 2.36. The van der Waals surface area contributed by atoms with E-state index in [9.17, 15) is 0 Å². The molecule has 2 aromatic carbocycles. The van der Waals surface area contributed by atoms with Crippen LogP contribution >= 0.6 is 0 Å². The lowest BCUT2D eigenvalue weighted by atomic mass is 9.78. The molecule has 0 aliphatic carbocycles. The molecule has 0 unspecified atom stereocenters. The summed E-state index contributed by atoms with van der Waals surface area (Å²) in [6.07, 6.45) is 0. The van der Waals surface area contributed by atoms with Crippen molar-refractivity contribution in [1.29, 1.82) is 0 Å². The summed E-state index contributed by atoms with van der Waals surface area (Å²) < 4.78 is 51.5. The van der Waals surface area contributed by atoms with Gasteiger partial charge in [-0.3, -0.25) is 0 Å². The number of benzene rings is 2. The van der Waals surface area contributed by atoms with E-state index in [2.05, 4.69) is 0 Å². The molecule has 0 spiro atoms. The summed E-state index contributed by atoms with van der Waals surface area (Å²) >= 11 is 0. The lowest BCUT2D eigenvalue weighted by Crippen LogP contribution is -2.41. The molecule has 2 aromatic rings. The summed E-state index contributed by atoms with van der Waals surface area (Å²) in [5.41, 5.74) is 0.686. The van der Waals surface area contributed by atoms with Gasteiger partial charge in [0.15, 0.2) is 0 Å². The van der Waals surface area contributed by atoms with Crippen molar-refractivity contribution in [3.05, 3.63) is 54.5 Å². The van der Waals surface area contributed by atoms with E-state index in [1.54, 1.807) is 24.3 Å². The highest BCUT2D eigenvalue weighted by atomic mass is 16.7. The van der Waals surface area contributed by atoms with E-state index in [4.69, 9.17) is 16.2 Å². The maximum Gasteiger partial charge on any atom is 0.494 e. The van der Waals surface area contributed by atoms with Gasteiger partial charge in [0.2, 0.25) is 0 Å². The molecule has 1 fully saturated rings. The van der Waals surface area contributed by atoms with Gasteiger partial charge in [-0.15, -0.1) is 0 Å². The van der Waals surface area contributed by atoms with Crippen molar-refractivity contribution < 1.29 is 16.2 Å². The normalized spacial score (nSPS) is 23.0. The molecule has 108 valence electrons. The summed E-state index contributed by atoms with van der Waals surface area (Å²) in [5, 5.41) is 0. The molecule has 1 saturated heterocycles. The van der Waals surface area contributed by atoms with Crippen LogP contribution in [0.15, 0.2) is 54.5 Å². The van der Waals surface area contributed by atoms with E-state index in [-0.39, 0.29) is 29.7 Å². The van der Waals surface area contributed by atoms with E-state index in [0.29, 0.717) is 5.56 Å². The predicted molar refractivity (Wildman–Crippen MR) is 87.6 cm³/mol. The molecule has 3 heteroatoms. The van der Waals surface area contributed by atoms with Crippen LogP contribution in [0.25, 0.3) is 11.1 Å². The second-order valence-corrected chi connectivity index (χ2v) is 6.21. The fourth-order valence-corrected chi connectivity index (χ4v) is 2.18. The summed E-state index contributed by atoms with van der Waals surface area (Å²) in [6, 6.07) is 5.59. The SMILES string of the molecule is [2H]c1c([2H])c([2H])c(-c2ccc(B3OC(C)(C)C(C)(C)O3)cc2)c([2H])c1[2H]. The Bertz CT molecular complexity index is 820. The highest BCUT2D eigenvalue weighted by molar-refractivity contribution is 6.62. The molecule has 0 atom stereocenters. The standard InChI is InChI=1S/C18H21BO2/c1-17(2)18(3,4)21-19(20-17)16-12-10-15(11-13-16)14-8-6-5-7-9-14/h5-13H,1-4H3/i5D,6D,7D,8D,9D. The van der Waals surface area contributed by atoms with E-state index in [1.165, 1.54) is 0 Å². The lowest BCUT2D eigenvalue weighted by molar-refractivity contribution is 0.00578. The Labute approximate surface area is 134 Å². The molecule has 0 amide bonds. The van der Waals surface area contributed by atoms with Gasteiger partial charge < -0.3 is 9.31 Å². The summed E-state index contributed by atoms with van der Waals surface area (Å²) in [4.78, 5) is 0. The zero-order valence-electron chi connectivity index (χ0n) is 17.7. The van der Waals surface area contributed by atoms with Gasteiger partial charge in [-0.2, -0.15) is 0 Å². The molecule has 2 nitrogen and oxygen atoms in total. The van der Waals surface area contributed by atoms with Crippen molar-refractivity contribution in [2.75, 3.05) is 0 Å². The first-order chi connectivity index (χ1) is 12.0. The molecule has 3 rings (SSSR count). The van der Waals surface area contributed by atoms with Gasteiger partial charge in [0.05, 0.1) is 18.1 Å². The van der Waals surface area contributed by atoms with Crippen LogP contribution < -0.4 is 5.46 Å². The number of hydrogen-bond donors (Lipinski definition) is 0. The smallest absolute Gasteiger partial charge is 0.399 e. The maximum absolute atomic E-state index is 8.08. The van der Waals surface area contributed by atoms with Crippen molar-refractivity contribution in [1.82, 2.24) is 0 Å². The van der Waals surface area contributed by atoms with Gasteiger partial charge in [-0.25, -0.2) is 0 Å². The van der Waals surface area contributed by atoms with Gasteiger partial charge in [-0.05, 0) is 44.3 Å². The molecule has 0 bridgehead atoms. The van der Waals surface area contributed by atoms with Gasteiger partial charge in [-0.1, -0.05) is 54.5 Å². The average Bonchev–Trinajstić information content (AvgIpc) is 2.80. The molecular formula is C18H21BO2. The molecule has 1 aliphatic rings. The van der Waals surface area contributed by atoms with Crippen LogP contribution in [0.4, 0.5) is 0 Å². The second-order valence-electron chi connectivity index (χ2n) is 6.21. The van der Waals surface area contributed by atoms with Crippen LogP contribution in [-0.2, 0) is 9.31 Å². The van der Waals surface area contributed by atoms with E-state index in [0.717, 1.165) is 5.46 Å². The fourth-order valence-electron chi connectivity index (χ4n) is 2.18. The van der Waals surface area contributed by atoms with Crippen LogP contribution in [0.3, 0.4) is 0 Å².